The topological polar surface area (TPSA) is 61.9 Å². The van der Waals surface area contributed by atoms with Crippen LogP contribution in [-0.2, 0) is 28.8 Å². The maximum absolute atomic E-state index is 13.7. The molecular weight excluding hydrogens is 435 g/mol. The van der Waals surface area contributed by atoms with Crippen molar-refractivity contribution in [2.45, 2.75) is 32.1 Å². The first kappa shape index (κ1) is 23.1. The maximum atomic E-state index is 13.7. The number of carbonyl (C=O) groups is 2. The highest BCUT2D eigenvalue weighted by molar-refractivity contribution is 5.94. The molecule has 0 atom stereocenters. The summed E-state index contributed by atoms with van der Waals surface area (Å²) < 4.78 is 46.4. The van der Waals surface area contributed by atoms with Gasteiger partial charge in [-0.2, -0.15) is 13.2 Å². The number of anilines is 1. The zero-order valence-electron chi connectivity index (χ0n) is 18.2. The second-order valence-corrected chi connectivity index (χ2v) is 8.24. The monoisotopic (exact) mass is 461 g/mol. The number of alkyl halides is 3. The molecule has 0 aliphatic carbocycles. The lowest BCUT2D eigenvalue weighted by molar-refractivity contribution is -0.138. The zero-order valence-corrected chi connectivity index (χ0v) is 18.2. The van der Waals surface area contributed by atoms with Crippen LogP contribution in [0.3, 0.4) is 0 Å². The van der Waals surface area contributed by atoms with Crippen molar-refractivity contribution in [1.29, 1.82) is 0 Å². The van der Waals surface area contributed by atoms with Gasteiger partial charge >= 0.3 is 6.18 Å². The number of amides is 2. The summed E-state index contributed by atoms with van der Waals surface area (Å²) in [6, 6.07) is 11.0. The van der Waals surface area contributed by atoms with Crippen LogP contribution in [0.5, 0.6) is 0 Å². The van der Waals surface area contributed by atoms with Gasteiger partial charge in [0, 0.05) is 50.4 Å². The second kappa shape index (κ2) is 9.82. The molecule has 2 amide bonds. The molecule has 4 rings (SSSR count). The normalized spacial score (nSPS) is 16.9. The number of ether oxygens (including phenoxy) is 1. The molecule has 2 heterocycles. The lowest BCUT2D eigenvalue weighted by atomic mass is 10.0. The molecule has 0 radical (unpaired) electrons. The van der Waals surface area contributed by atoms with Crippen LogP contribution in [0.4, 0.5) is 18.9 Å². The molecule has 33 heavy (non-hydrogen) atoms. The molecule has 0 spiro atoms. The van der Waals surface area contributed by atoms with Crippen molar-refractivity contribution >= 4 is 17.5 Å². The molecule has 176 valence electrons. The quantitative estimate of drug-likeness (QED) is 0.714. The van der Waals surface area contributed by atoms with E-state index in [0.29, 0.717) is 50.5 Å². The number of rotatable bonds is 6. The van der Waals surface area contributed by atoms with Crippen molar-refractivity contribution in [3.05, 3.63) is 64.7 Å². The van der Waals surface area contributed by atoms with Gasteiger partial charge in [-0.3, -0.25) is 9.59 Å². The van der Waals surface area contributed by atoms with E-state index < -0.39 is 17.6 Å². The van der Waals surface area contributed by atoms with Crippen molar-refractivity contribution in [2.75, 3.05) is 37.7 Å². The first-order valence-electron chi connectivity index (χ1n) is 11.0. The molecule has 2 aliphatic rings. The Bertz CT molecular complexity index is 1000. The Hall–Kier alpha value is -3.07. The number of hydrogen-bond donors (Lipinski definition) is 1. The maximum Gasteiger partial charge on any atom is 0.416 e. The number of nitrogens with zero attached hydrogens (tertiary/aromatic N) is 2. The fourth-order valence-corrected chi connectivity index (χ4v) is 4.13. The lowest BCUT2D eigenvalue weighted by Gasteiger charge is -2.29. The number of likely N-dealkylation sites (tertiary alicyclic amines) is 1. The highest BCUT2D eigenvalue weighted by atomic mass is 19.4. The van der Waals surface area contributed by atoms with Gasteiger partial charge in [0.1, 0.15) is 0 Å². The molecule has 2 aromatic carbocycles. The van der Waals surface area contributed by atoms with Gasteiger partial charge in [0.25, 0.3) is 5.91 Å². The van der Waals surface area contributed by atoms with Gasteiger partial charge in [0.2, 0.25) is 5.91 Å². The number of nitrogens with one attached hydrogen (secondary N) is 1. The largest absolute Gasteiger partial charge is 0.416 e. The molecule has 2 fully saturated rings. The van der Waals surface area contributed by atoms with Gasteiger partial charge in [-0.15, -0.1) is 0 Å². The Balaban J connectivity index is 1.41. The van der Waals surface area contributed by atoms with E-state index in [1.54, 1.807) is 35.2 Å². The predicted octanol–water partition coefficient (Wildman–Crippen LogP) is 3.59. The number of benzene rings is 2. The number of morpholine rings is 1. The highest BCUT2D eigenvalue weighted by Crippen LogP contribution is 2.35. The van der Waals surface area contributed by atoms with Gasteiger partial charge in [-0.05, 0) is 41.8 Å². The summed E-state index contributed by atoms with van der Waals surface area (Å²) in [7, 11) is 0. The Morgan fingerprint density at radius 2 is 1.76 bits per heavy atom. The molecular formula is C24H26F3N3O3. The Labute approximate surface area is 190 Å². The minimum atomic E-state index is -4.53. The average Bonchev–Trinajstić information content (AvgIpc) is 3.22. The first-order valence-corrected chi connectivity index (χ1v) is 11.0. The van der Waals surface area contributed by atoms with E-state index in [0.717, 1.165) is 24.6 Å². The Morgan fingerprint density at radius 3 is 2.39 bits per heavy atom. The van der Waals surface area contributed by atoms with E-state index in [4.69, 9.17) is 4.74 Å². The molecule has 0 saturated carbocycles. The average molecular weight is 461 g/mol. The second-order valence-electron chi connectivity index (χ2n) is 8.24. The molecule has 9 heteroatoms. The van der Waals surface area contributed by atoms with Gasteiger partial charge in [-0.1, -0.05) is 18.2 Å². The van der Waals surface area contributed by atoms with E-state index in [1.807, 2.05) is 4.90 Å². The van der Waals surface area contributed by atoms with E-state index in [-0.39, 0.29) is 18.0 Å². The third kappa shape index (κ3) is 5.65. The van der Waals surface area contributed by atoms with Gasteiger partial charge in [0.15, 0.2) is 0 Å². The van der Waals surface area contributed by atoms with Gasteiger partial charge in [-0.25, -0.2) is 0 Å². The molecule has 2 aromatic rings. The molecule has 0 aromatic heterocycles. The van der Waals surface area contributed by atoms with Crippen molar-refractivity contribution in [1.82, 2.24) is 10.2 Å². The van der Waals surface area contributed by atoms with E-state index in [2.05, 4.69) is 5.32 Å². The minimum Gasteiger partial charge on any atom is -0.378 e. The SMILES string of the molecule is O=C(NCc1ccc(N2CCOCC2)cc1C(F)(F)F)c1ccc(CN2CCCC2=O)cc1. The van der Waals surface area contributed by atoms with Crippen LogP contribution in [0.25, 0.3) is 0 Å². The highest BCUT2D eigenvalue weighted by Gasteiger charge is 2.34. The van der Waals surface area contributed by atoms with Crippen LogP contribution >= 0.6 is 0 Å². The summed E-state index contributed by atoms with van der Waals surface area (Å²) in [5, 5.41) is 2.59. The third-order valence-electron chi connectivity index (χ3n) is 5.98. The van der Waals surface area contributed by atoms with Crippen molar-refractivity contribution < 1.29 is 27.5 Å². The van der Waals surface area contributed by atoms with E-state index in [1.165, 1.54) is 6.07 Å². The first-order chi connectivity index (χ1) is 15.8. The van der Waals surface area contributed by atoms with Crippen LogP contribution in [-0.4, -0.2) is 49.6 Å². The standard InChI is InChI=1S/C24H26F3N3O3/c25-24(26,27)21-14-20(29-10-12-33-13-11-29)8-7-19(21)15-28-23(32)18-5-3-17(4-6-18)16-30-9-1-2-22(30)31/h3-8,14H,1-2,9-13,15-16H2,(H,28,32). The summed E-state index contributed by atoms with van der Waals surface area (Å²) in [5.74, 6) is -0.332. The molecule has 0 bridgehead atoms. The van der Waals surface area contributed by atoms with Crippen LogP contribution in [0, 0.1) is 0 Å². The van der Waals surface area contributed by atoms with Crippen LogP contribution < -0.4 is 10.2 Å². The third-order valence-corrected chi connectivity index (χ3v) is 5.98. The summed E-state index contributed by atoms with van der Waals surface area (Å²) in [5.41, 5.74) is 1.01. The smallest absolute Gasteiger partial charge is 0.378 e. The van der Waals surface area contributed by atoms with Gasteiger partial charge in [0.05, 0.1) is 18.8 Å². The molecule has 2 aliphatic heterocycles. The van der Waals surface area contributed by atoms with Crippen molar-refractivity contribution in [3.63, 3.8) is 0 Å². The number of carbonyl (C=O) groups excluding carboxylic acids is 2. The molecule has 6 nitrogen and oxygen atoms in total. The summed E-state index contributed by atoms with van der Waals surface area (Å²) in [6.45, 7) is 3.02. The predicted molar refractivity (Wildman–Crippen MR) is 117 cm³/mol. The van der Waals surface area contributed by atoms with Crippen LogP contribution in [0.2, 0.25) is 0 Å². The summed E-state index contributed by atoms with van der Waals surface area (Å²) in [6.07, 6.45) is -3.11. The van der Waals surface area contributed by atoms with Crippen LogP contribution in [0.1, 0.15) is 39.9 Å². The van der Waals surface area contributed by atoms with Crippen molar-refractivity contribution in [3.8, 4) is 0 Å². The Morgan fingerprint density at radius 1 is 1.03 bits per heavy atom. The fraction of sp³-hybridized carbons (Fsp3) is 0.417. The van der Waals surface area contributed by atoms with Crippen LogP contribution in [0.15, 0.2) is 42.5 Å². The van der Waals surface area contributed by atoms with Crippen molar-refractivity contribution in [2.24, 2.45) is 0 Å². The summed E-state index contributed by atoms with van der Waals surface area (Å²) >= 11 is 0. The fourth-order valence-electron chi connectivity index (χ4n) is 4.13. The zero-order chi connectivity index (χ0) is 23.4. The number of halogens is 3. The van der Waals surface area contributed by atoms with Gasteiger partial charge < -0.3 is 19.9 Å². The van der Waals surface area contributed by atoms with E-state index >= 15 is 0 Å². The Kier molecular flexibility index (Phi) is 6.88. The molecule has 0 unspecified atom stereocenters. The minimum absolute atomic E-state index is 0.0111. The summed E-state index contributed by atoms with van der Waals surface area (Å²) in [4.78, 5) is 27.9. The number of hydrogen-bond acceptors (Lipinski definition) is 4. The molecule has 1 N–H and O–H groups in total. The van der Waals surface area contributed by atoms with E-state index in [9.17, 15) is 22.8 Å². The molecule has 2 saturated heterocycles. The lowest BCUT2D eigenvalue weighted by Crippen LogP contribution is -2.36.